The molecule has 2 aromatic rings. The molecule has 0 aliphatic heterocycles. The van der Waals surface area contributed by atoms with Gasteiger partial charge in [0, 0.05) is 6.04 Å². The summed E-state index contributed by atoms with van der Waals surface area (Å²) < 4.78 is 0. The highest BCUT2D eigenvalue weighted by Gasteiger charge is 2.19. The van der Waals surface area contributed by atoms with Crippen molar-refractivity contribution in [2.45, 2.75) is 50.1 Å². The van der Waals surface area contributed by atoms with E-state index in [1.807, 2.05) is 18.4 Å². The van der Waals surface area contributed by atoms with E-state index in [0.717, 1.165) is 23.1 Å². The molecule has 1 atom stereocenters. The van der Waals surface area contributed by atoms with Crippen LogP contribution in [-0.4, -0.2) is 27.2 Å². The Labute approximate surface area is 132 Å². The number of hydrogen-bond donors (Lipinski definition) is 2. The highest BCUT2D eigenvalue weighted by molar-refractivity contribution is 8.00. The van der Waals surface area contributed by atoms with E-state index >= 15 is 0 Å². The lowest BCUT2D eigenvalue weighted by Crippen LogP contribution is -2.38. The van der Waals surface area contributed by atoms with E-state index in [9.17, 15) is 4.79 Å². The average Bonchev–Trinajstić information content (AvgIpc) is 2.93. The molecule has 0 radical (unpaired) electrons. The molecule has 0 fully saturated rings. The first-order chi connectivity index (χ1) is 10.0. The van der Waals surface area contributed by atoms with Crippen LogP contribution in [0, 0.1) is 0 Å². The second-order valence-electron chi connectivity index (χ2n) is 4.81. The van der Waals surface area contributed by atoms with Crippen molar-refractivity contribution in [1.29, 1.82) is 0 Å². The minimum absolute atomic E-state index is 0.0159. The number of carbonyl (C=O) groups is 1. The largest absolute Gasteiger partial charge is 0.383 e. The van der Waals surface area contributed by atoms with Crippen LogP contribution < -0.4 is 11.1 Å². The molecule has 0 aliphatic rings. The third-order valence-corrected chi connectivity index (χ3v) is 5.09. The van der Waals surface area contributed by atoms with Crippen molar-refractivity contribution in [3.8, 4) is 0 Å². The molecule has 5 nitrogen and oxygen atoms in total. The van der Waals surface area contributed by atoms with Gasteiger partial charge in [-0.2, -0.15) is 0 Å². The molecule has 0 bridgehead atoms. The number of carbonyl (C=O) groups excluding carboxylic acids is 1. The van der Waals surface area contributed by atoms with Crippen LogP contribution in [0.1, 0.15) is 33.6 Å². The van der Waals surface area contributed by atoms with Gasteiger partial charge in [0.1, 0.15) is 10.6 Å². The standard InChI is InChI=1S/C14H20N4OS2/c1-4-9(5-2)16-12(19)8(3)21-14-17-11(15)10-6-7-20-13(10)18-14/h6-9H,4-5H2,1-3H3,(H,16,19)(H2,15,17,18). The van der Waals surface area contributed by atoms with Crippen molar-refractivity contribution in [3.05, 3.63) is 11.4 Å². The lowest BCUT2D eigenvalue weighted by molar-refractivity contribution is -0.121. The molecule has 0 aliphatic carbocycles. The van der Waals surface area contributed by atoms with Gasteiger partial charge in [-0.05, 0) is 31.2 Å². The molecular formula is C14H20N4OS2. The zero-order valence-electron chi connectivity index (χ0n) is 12.4. The number of thiophene rings is 1. The van der Waals surface area contributed by atoms with Gasteiger partial charge >= 0.3 is 0 Å². The van der Waals surface area contributed by atoms with Gasteiger partial charge in [-0.1, -0.05) is 25.6 Å². The fraction of sp³-hybridized carbons (Fsp3) is 0.500. The number of nitrogens with one attached hydrogen (secondary N) is 1. The first kappa shape index (κ1) is 16.0. The molecule has 2 heterocycles. The Morgan fingerprint density at radius 1 is 1.43 bits per heavy atom. The van der Waals surface area contributed by atoms with Crippen LogP contribution in [0.2, 0.25) is 0 Å². The lowest BCUT2D eigenvalue weighted by Gasteiger charge is -2.17. The summed E-state index contributed by atoms with van der Waals surface area (Å²) in [4.78, 5) is 21.7. The Bertz CT molecular complexity index is 624. The summed E-state index contributed by atoms with van der Waals surface area (Å²) in [5.41, 5.74) is 5.92. The van der Waals surface area contributed by atoms with E-state index in [1.54, 1.807) is 0 Å². The van der Waals surface area contributed by atoms with Crippen LogP contribution in [0.25, 0.3) is 10.2 Å². The molecule has 0 aromatic carbocycles. The number of nitrogens with zero attached hydrogens (tertiary/aromatic N) is 2. The molecule has 2 rings (SSSR count). The Morgan fingerprint density at radius 2 is 2.14 bits per heavy atom. The molecule has 0 saturated carbocycles. The number of fused-ring (bicyclic) bond motifs is 1. The Balaban J connectivity index is 2.06. The fourth-order valence-electron chi connectivity index (χ4n) is 1.93. The van der Waals surface area contributed by atoms with Crippen molar-refractivity contribution < 1.29 is 4.79 Å². The van der Waals surface area contributed by atoms with Crippen LogP contribution in [0.3, 0.4) is 0 Å². The van der Waals surface area contributed by atoms with Crippen LogP contribution in [0.15, 0.2) is 16.6 Å². The summed E-state index contributed by atoms with van der Waals surface area (Å²) in [6.45, 7) is 6.00. The quantitative estimate of drug-likeness (QED) is 0.630. The maximum atomic E-state index is 12.2. The SMILES string of the molecule is CCC(CC)NC(=O)C(C)Sc1nc(N)c2ccsc2n1. The highest BCUT2D eigenvalue weighted by atomic mass is 32.2. The number of thioether (sulfide) groups is 1. The van der Waals surface area contributed by atoms with E-state index in [0.29, 0.717) is 11.0 Å². The number of anilines is 1. The maximum Gasteiger partial charge on any atom is 0.233 e. The molecule has 3 N–H and O–H groups in total. The maximum absolute atomic E-state index is 12.2. The second-order valence-corrected chi connectivity index (χ2v) is 7.02. The van der Waals surface area contributed by atoms with Gasteiger partial charge in [0.15, 0.2) is 5.16 Å². The van der Waals surface area contributed by atoms with Crippen LogP contribution in [0.4, 0.5) is 5.82 Å². The second kappa shape index (κ2) is 7.09. The smallest absolute Gasteiger partial charge is 0.233 e. The monoisotopic (exact) mass is 324 g/mol. The van der Waals surface area contributed by atoms with Gasteiger partial charge in [0.05, 0.1) is 10.6 Å². The molecule has 1 amide bonds. The molecule has 21 heavy (non-hydrogen) atoms. The normalized spacial score (nSPS) is 12.8. The topological polar surface area (TPSA) is 80.9 Å². The van der Waals surface area contributed by atoms with Crippen molar-refractivity contribution in [2.24, 2.45) is 0 Å². The summed E-state index contributed by atoms with van der Waals surface area (Å²) in [5.74, 6) is 0.485. The number of nitrogen functional groups attached to an aromatic ring is 1. The summed E-state index contributed by atoms with van der Waals surface area (Å²) in [6.07, 6.45) is 1.87. The van der Waals surface area contributed by atoms with Gasteiger partial charge in [0.25, 0.3) is 0 Å². The number of rotatable bonds is 6. The Kier molecular flexibility index (Phi) is 5.41. The predicted octanol–water partition coefficient (Wildman–Crippen LogP) is 3.06. The summed E-state index contributed by atoms with van der Waals surface area (Å²) in [7, 11) is 0. The van der Waals surface area contributed by atoms with Crippen LogP contribution >= 0.6 is 23.1 Å². The van der Waals surface area contributed by atoms with Crippen LogP contribution in [0.5, 0.6) is 0 Å². The zero-order chi connectivity index (χ0) is 15.4. The summed E-state index contributed by atoms with van der Waals surface area (Å²) in [5, 5.41) is 6.15. The van der Waals surface area contributed by atoms with Crippen molar-refractivity contribution >= 4 is 45.0 Å². The van der Waals surface area contributed by atoms with Crippen LogP contribution in [-0.2, 0) is 4.79 Å². The first-order valence-corrected chi connectivity index (χ1v) is 8.78. The van der Waals surface area contributed by atoms with Gasteiger partial charge in [0.2, 0.25) is 5.91 Å². The van der Waals surface area contributed by atoms with Crippen molar-refractivity contribution in [3.63, 3.8) is 0 Å². The molecule has 0 spiro atoms. The minimum atomic E-state index is -0.248. The molecule has 1 unspecified atom stereocenters. The number of aromatic nitrogens is 2. The third kappa shape index (κ3) is 3.85. The zero-order valence-corrected chi connectivity index (χ0v) is 14.1. The molecule has 114 valence electrons. The van der Waals surface area contributed by atoms with E-state index in [-0.39, 0.29) is 17.2 Å². The van der Waals surface area contributed by atoms with E-state index in [2.05, 4.69) is 29.1 Å². The predicted molar refractivity (Wildman–Crippen MR) is 89.7 cm³/mol. The number of hydrogen-bond acceptors (Lipinski definition) is 6. The summed E-state index contributed by atoms with van der Waals surface area (Å²) in [6, 6.07) is 2.14. The summed E-state index contributed by atoms with van der Waals surface area (Å²) >= 11 is 2.86. The van der Waals surface area contributed by atoms with Gasteiger partial charge in [-0.15, -0.1) is 11.3 Å². The molecule has 7 heteroatoms. The Morgan fingerprint density at radius 3 is 2.81 bits per heavy atom. The number of amides is 1. The average molecular weight is 324 g/mol. The lowest BCUT2D eigenvalue weighted by atomic mass is 10.2. The number of nitrogens with two attached hydrogens (primary N) is 1. The molecule has 2 aromatic heterocycles. The van der Waals surface area contributed by atoms with E-state index in [4.69, 9.17) is 5.73 Å². The van der Waals surface area contributed by atoms with Crippen molar-refractivity contribution in [2.75, 3.05) is 5.73 Å². The molecule has 0 saturated heterocycles. The first-order valence-electron chi connectivity index (χ1n) is 7.02. The fourth-order valence-corrected chi connectivity index (χ4v) is 3.55. The molecular weight excluding hydrogens is 304 g/mol. The van der Waals surface area contributed by atoms with Crippen molar-refractivity contribution in [1.82, 2.24) is 15.3 Å². The Hall–Kier alpha value is -1.34. The highest BCUT2D eigenvalue weighted by Crippen LogP contribution is 2.28. The van der Waals surface area contributed by atoms with Gasteiger partial charge in [-0.3, -0.25) is 4.79 Å². The van der Waals surface area contributed by atoms with E-state index < -0.39 is 0 Å². The third-order valence-electron chi connectivity index (χ3n) is 3.32. The minimum Gasteiger partial charge on any atom is -0.383 e. The van der Waals surface area contributed by atoms with Gasteiger partial charge in [-0.25, -0.2) is 9.97 Å². The van der Waals surface area contributed by atoms with E-state index in [1.165, 1.54) is 23.1 Å². The van der Waals surface area contributed by atoms with Gasteiger partial charge < -0.3 is 11.1 Å².